The van der Waals surface area contributed by atoms with Gasteiger partial charge in [-0.25, -0.2) is 19.7 Å². The first-order valence-electron chi connectivity index (χ1n) is 9.48. The van der Waals surface area contributed by atoms with Crippen molar-refractivity contribution in [3.05, 3.63) is 12.7 Å². The molecule has 0 fully saturated rings. The maximum Gasteiger partial charge on any atom is 0.510 e. The summed E-state index contributed by atoms with van der Waals surface area (Å²) in [6.45, 7) is 7.00. The zero-order valence-corrected chi connectivity index (χ0v) is 18.4. The maximum atomic E-state index is 12.9. The van der Waals surface area contributed by atoms with Crippen molar-refractivity contribution >= 4 is 30.7 Å². The van der Waals surface area contributed by atoms with Gasteiger partial charge in [-0.1, -0.05) is 6.92 Å². The van der Waals surface area contributed by atoms with Crippen LogP contribution in [-0.2, 0) is 34.4 Å². The van der Waals surface area contributed by atoms with E-state index < -0.39 is 20.5 Å². The molecule has 2 aromatic heterocycles. The standard InChI is InChI=1S/C17H28N5O7P/c1-5-6-27-30(24,28-10-25-17(23)29-12(2)3)11-26-13(4)7-22-9-21-14-15(18)19-8-20-16(14)22/h8-9,12-13H,5-7,10-11H2,1-4H3,(H2,18,19,20)/t13-,30?/m1/s1. The van der Waals surface area contributed by atoms with Gasteiger partial charge in [0, 0.05) is 0 Å². The predicted octanol–water partition coefficient (Wildman–Crippen LogP) is 2.93. The highest BCUT2D eigenvalue weighted by Crippen LogP contribution is 2.48. The van der Waals surface area contributed by atoms with Gasteiger partial charge in [0.15, 0.2) is 11.5 Å². The molecule has 0 amide bonds. The first-order chi connectivity index (χ1) is 14.2. The zero-order chi connectivity index (χ0) is 22.1. The first kappa shape index (κ1) is 24.0. The third-order valence-corrected chi connectivity index (χ3v) is 5.19. The molecule has 2 N–H and O–H groups in total. The summed E-state index contributed by atoms with van der Waals surface area (Å²) in [5.41, 5.74) is 6.85. The summed E-state index contributed by atoms with van der Waals surface area (Å²) < 4.78 is 40.4. The van der Waals surface area contributed by atoms with Gasteiger partial charge in [0.1, 0.15) is 18.2 Å². The molecule has 2 aromatic rings. The quantitative estimate of drug-likeness (QED) is 0.292. The lowest BCUT2D eigenvalue weighted by Crippen LogP contribution is -2.19. The molecular formula is C17H28N5O7P. The summed E-state index contributed by atoms with van der Waals surface area (Å²) in [6, 6.07) is 0. The van der Waals surface area contributed by atoms with Crippen molar-refractivity contribution in [1.82, 2.24) is 19.5 Å². The first-order valence-corrected chi connectivity index (χ1v) is 11.2. The Bertz CT molecular complexity index is 875. The van der Waals surface area contributed by atoms with Crippen LogP contribution in [0.25, 0.3) is 11.2 Å². The van der Waals surface area contributed by atoms with Crippen molar-refractivity contribution in [3.63, 3.8) is 0 Å². The third kappa shape index (κ3) is 7.21. The van der Waals surface area contributed by atoms with Crippen molar-refractivity contribution in [2.45, 2.75) is 52.9 Å². The van der Waals surface area contributed by atoms with Crippen LogP contribution >= 0.6 is 7.60 Å². The van der Waals surface area contributed by atoms with Crippen LogP contribution in [0.5, 0.6) is 0 Å². The normalized spacial score (nSPS) is 14.6. The molecule has 2 rings (SSSR count). The van der Waals surface area contributed by atoms with Crippen LogP contribution in [0.15, 0.2) is 12.7 Å². The van der Waals surface area contributed by atoms with E-state index in [1.807, 2.05) is 6.92 Å². The second kappa shape index (κ2) is 11.2. The fourth-order valence-corrected chi connectivity index (χ4v) is 3.64. The largest absolute Gasteiger partial charge is 0.510 e. The number of ether oxygens (including phenoxy) is 3. The van der Waals surface area contributed by atoms with Gasteiger partial charge in [-0.3, -0.25) is 9.09 Å². The molecule has 0 saturated carbocycles. The van der Waals surface area contributed by atoms with Gasteiger partial charge >= 0.3 is 13.8 Å². The van der Waals surface area contributed by atoms with Crippen molar-refractivity contribution in [3.8, 4) is 0 Å². The van der Waals surface area contributed by atoms with Gasteiger partial charge in [-0.2, -0.15) is 0 Å². The number of rotatable bonds is 12. The van der Waals surface area contributed by atoms with E-state index in [0.717, 1.165) is 0 Å². The van der Waals surface area contributed by atoms with Gasteiger partial charge < -0.3 is 29.0 Å². The highest BCUT2D eigenvalue weighted by atomic mass is 31.2. The van der Waals surface area contributed by atoms with E-state index in [1.54, 1.807) is 31.7 Å². The summed E-state index contributed by atoms with van der Waals surface area (Å²) in [6.07, 6.45) is 1.59. The van der Waals surface area contributed by atoms with Gasteiger partial charge in [0.2, 0.25) is 6.79 Å². The predicted molar refractivity (Wildman–Crippen MR) is 108 cm³/mol. The van der Waals surface area contributed by atoms with E-state index in [0.29, 0.717) is 24.1 Å². The zero-order valence-electron chi connectivity index (χ0n) is 17.5. The fourth-order valence-electron chi connectivity index (χ4n) is 2.30. The molecule has 30 heavy (non-hydrogen) atoms. The van der Waals surface area contributed by atoms with Crippen molar-refractivity contribution in [1.29, 1.82) is 0 Å². The summed E-state index contributed by atoms with van der Waals surface area (Å²) >= 11 is 0. The van der Waals surface area contributed by atoms with Crippen LogP contribution in [0.1, 0.15) is 34.1 Å². The smallest absolute Gasteiger partial charge is 0.432 e. The molecule has 0 aliphatic carbocycles. The van der Waals surface area contributed by atoms with E-state index in [9.17, 15) is 9.36 Å². The Balaban J connectivity index is 1.91. The molecule has 2 atom stereocenters. The van der Waals surface area contributed by atoms with E-state index in [-0.39, 0.29) is 31.0 Å². The Hall–Kier alpha value is -2.27. The number of nitrogens with two attached hydrogens (primary N) is 1. The van der Waals surface area contributed by atoms with Gasteiger partial charge in [-0.05, 0) is 27.2 Å². The minimum atomic E-state index is -3.65. The van der Waals surface area contributed by atoms with Crippen LogP contribution in [0, 0.1) is 0 Å². The molecule has 0 saturated heterocycles. The summed E-state index contributed by atoms with van der Waals surface area (Å²) in [5.74, 6) is 0.286. The molecule has 0 spiro atoms. The topological polar surface area (TPSA) is 150 Å². The summed E-state index contributed by atoms with van der Waals surface area (Å²) in [4.78, 5) is 23.7. The molecule has 168 valence electrons. The third-order valence-electron chi connectivity index (χ3n) is 3.65. The number of carbonyl (C=O) groups excluding carboxylic acids is 1. The van der Waals surface area contributed by atoms with Gasteiger partial charge in [-0.15, -0.1) is 0 Å². The van der Waals surface area contributed by atoms with Crippen molar-refractivity contribution < 1.29 is 32.6 Å². The Labute approximate surface area is 174 Å². The fraction of sp³-hybridized carbons (Fsp3) is 0.647. The van der Waals surface area contributed by atoms with E-state index in [1.165, 1.54) is 6.33 Å². The molecular weight excluding hydrogens is 417 g/mol. The minimum absolute atomic E-state index is 0.202. The molecule has 0 radical (unpaired) electrons. The molecule has 13 heteroatoms. The molecule has 0 bridgehead atoms. The van der Waals surface area contributed by atoms with Gasteiger partial charge in [0.05, 0.1) is 31.7 Å². The lowest BCUT2D eigenvalue weighted by atomic mass is 10.4. The van der Waals surface area contributed by atoms with Crippen LogP contribution < -0.4 is 5.73 Å². The van der Waals surface area contributed by atoms with Crippen molar-refractivity contribution in [2.24, 2.45) is 0 Å². The average molecular weight is 445 g/mol. The van der Waals surface area contributed by atoms with E-state index in [4.69, 9.17) is 29.0 Å². The van der Waals surface area contributed by atoms with Crippen LogP contribution in [0.4, 0.5) is 10.6 Å². The number of aromatic nitrogens is 4. The van der Waals surface area contributed by atoms with Crippen molar-refractivity contribution in [2.75, 3.05) is 25.5 Å². The Kier molecular flexibility index (Phi) is 8.97. The Morgan fingerprint density at radius 1 is 1.23 bits per heavy atom. The second-order valence-corrected chi connectivity index (χ2v) is 8.68. The second-order valence-electron chi connectivity index (χ2n) is 6.69. The number of fused-ring (bicyclic) bond motifs is 1. The molecule has 0 aliphatic heterocycles. The molecule has 0 aliphatic rings. The van der Waals surface area contributed by atoms with Gasteiger partial charge in [0.25, 0.3) is 0 Å². The van der Waals surface area contributed by atoms with Crippen LogP contribution in [0.3, 0.4) is 0 Å². The highest BCUT2D eigenvalue weighted by molar-refractivity contribution is 7.53. The maximum absolute atomic E-state index is 12.9. The Morgan fingerprint density at radius 3 is 2.70 bits per heavy atom. The molecule has 12 nitrogen and oxygen atoms in total. The Morgan fingerprint density at radius 2 is 2.00 bits per heavy atom. The van der Waals surface area contributed by atoms with Crippen LogP contribution in [-0.4, -0.2) is 57.6 Å². The average Bonchev–Trinajstić information content (AvgIpc) is 3.08. The monoisotopic (exact) mass is 445 g/mol. The number of carbonyl (C=O) groups is 1. The number of nitrogens with zero attached hydrogens (tertiary/aromatic N) is 4. The lowest BCUT2D eigenvalue weighted by molar-refractivity contribution is -0.0180. The SMILES string of the molecule is CCCOP(=O)(CO[C@H](C)Cn1cnc2c(N)ncnc21)OCOC(=O)OC(C)C. The van der Waals surface area contributed by atoms with E-state index in [2.05, 4.69) is 15.0 Å². The number of anilines is 1. The highest BCUT2D eigenvalue weighted by Gasteiger charge is 2.27. The summed E-state index contributed by atoms with van der Waals surface area (Å²) in [5, 5.41) is 0. The molecule has 1 unspecified atom stereocenters. The minimum Gasteiger partial charge on any atom is -0.432 e. The van der Waals surface area contributed by atoms with E-state index >= 15 is 0 Å². The summed E-state index contributed by atoms with van der Waals surface area (Å²) in [7, 11) is -3.65. The number of imidazole rings is 1. The lowest BCUT2D eigenvalue weighted by Gasteiger charge is -2.21. The van der Waals surface area contributed by atoms with Crippen LogP contribution in [0.2, 0.25) is 0 Å². The molecule has 0 aromatic carbocycles. The number of hydrogen-bond acceptors (Lipinski definition) is 11. The number of nitrogen functional groups attached to an aromatic ring is 1. The molecule has 2 heterocycles. The number of hydrogen-bond donors (Lipinski definition) is 1.